The topological polar surface area (TPSA) is 26.3 Å². The van der Waals surface area contributed by atoms with Gasteiger partial charge in [-0.15, -0.1) is 0 Å². The Balaban J connectivity index is 2.87. The highest BCUT2D eigenvalue weighted by Gasteiger charge is 2.71. The van der Waals surface area contributed by atoms with Crippen molar-refractivity contribution in [3.8, 4) is 0 Å². The molecule has 0 amide bonds. The minimum atomic E-state index is -0.294. The predicted octanol–water partition coefficient (Wildman–Crippen LogP) is 3.53. The number of hydrogen-bond acceptors (Lipinski definition) is 2. The molecule has 4 heteroatoms. The lowest BCUT2D eigenvalue weighted by molar-refractivity contribution is -0.145. The molecule has 0 saturated heterocycles. The van der Waals surface area contributed by atoms with Gasteiger partial charge >= 0.3 is 5.97 Å². The van der Waals surface area contributed by atoms with Crippen molar-refractivity contribution in [2.24, 2.45) is 16.7 Å². The van der Waals surface area contributed by atoms with E-state index >= 15 is 0 Å². The van der Waals surface area contributed by atoms with Crippen molar-refractivity contribution in [2.75, 3.05) is 6.61 Å². The molecular formula is C11H16Cl2O2. The summed E-state index contributed by atoms with van der Waals surface area (Å²) in [6.07, 6.45) is 1.73. The standard InChI is InChI=1S/C11H16Cl2O2/c1-5-15-9(14)8-10(2,3)11(8,4)6-7(12)13/h6,8H,5H2,1-4H3. The molecule has 0 aromatic rings. The second kappa shape index (κ2) is 3.99. The molecule has 0 bridgehead atoms. The largest absolute Gasteiger partial charge is 0.466 e. The molecular weight excluding hydrogens is 235 g/mol. The van der Waals surface area contributed by atoms with Gasteiger partial charge in [0, 0.05) is 5.41 Å². The van der Waals surface area contributed by atoms with Gasteiger partial charge in [0.2, 0.25) is 0 Å². The molecule has 0 radical (unpaired) electrons. The smallest absolute Gasteiger partial charge is 0.310 e. The lowest BCUT2D eigenvalue weighted by Gasteiger charge is -2.07. The van der Waals surface area contributed by atoms with Gasteiger partial charge in [0.25, 0.3) is 0 Å². The van der Waals surface area contributed by atoms with E-state index in [9.17, 15) is 4.79 Å². The lowest BCUT2D eigenvalue weighted by Crippen LogP contribution is -2.11. The second-order valence-electron chi connectivity index (χ2n) is 4.62. The number of carbonyl (C=O) groups is 1. The van der Waals surface area contributed by atoms with Gasteiger partial charge in [-0.1, -0.05) is 44.0 Å². The zero-order valence-electron chi connectivity index (χ0n) is 9.43. The molecule has 0 aliphatic heterocycles. The van der Waals surface area contributed by atoms with Crippen molar-refractivity contribution < 1.29 is 9.53 Å². The summed E-state index contributed by atoms with van der Waals surface area (Å²) >= 11 is 11.3. The molecule has 1 rings (SSSR count). The summed E-state index contributed by atoms with van der Waals surface area (Å²) in [6.45, 7) is 8.21. The molecule has 2 nitrogen and oxygen atoms in total. The van der Waals surface area contributed by atoms with Crippen LogP contribution in [0.25, 0.3) is 0 Å². The maximum atomic E-state index is 11.7. The maximum Gasteiger partial charge on any atom is 0.310 e. The zero-order chi connectivity index (χ0) is 11.9. The van der Waals surface area contributed by atoms with Gasteiger partial charge in [-0.25, -0.2) is 0 Å². The molecule has 0 aromatic carbocycles. The van der Waals surface area contributed by atoms with E-state index in [4.69, 9.17) is 27.9 Å². The number of halogens is 2. The summed E-state index contributed by atoms with van der Waals surface area (Å²) in [5.41, 5.74) is -0.438. The first-order chi connectivity index (χ1) is 6.77. The van der Waals surface area contributed by atoms with Crippen LogP contribution in [0.2, 0.25) is 0 Å². The number of hydrogen-bond donors (Lipinski definition) is 0. The first-order valence-electron chi connectivity index (χ1n) is 4.98. The zero-order valence-corrected chi connectivity index (χ0v) is 10.9. The van der Waals surface area contributed by atoms with Crippen LogP contribution in [0.15, 0.2) is 10.6 Å². The Kier molecular flexibility index (Phi) is 3.42. The third-order valence-corrected chi connectivity index (χ3v) is 3.78. The summed E-state index contributed by atoms with van der Waals surface area (Å²) in [6, 6.07) is 0. The average Bonchev–Trinajstić information content (AvgIpc) is 2.43. The van der Waals surface area contributed by atoms with E-state index in [1.807, 2.05) is 20.8 Å². The molecule has 1 fully saturated rings. The van der Waals surface area contributed by atoms with Crippen LogP contribution in [0.3, 0.4) is 0 Å². The Morgan fingerprint density at radius 3 is 2.33 bits per heavy atom. The van der Waals surface area contributed by atoms with Crippen LogP contribution >= 0.6 is 23.2 Å². The van der Waals surface area contributed by atoms with Gasteiger partial charge in [-0.05, 0) is 18.4 Å². The van der Waals surface area contributed by atoms with Crippen LogP contribution in [-0.4, -0.2) is 12.6 Å². The normalized spacial score (nSPS) is 32.0. The van der Waals surface area contributed by atoms with E-state index < -0.39 is 0 Å². The van der Waals surface area contributed by atoms with Crippen molar-refractivity contribution in [3.63, 3.8) is 0 Å². The van der Waals surface area contributed by atoms with Crippen LogP contribution in [0.5, 0.6) is 0 Å². The fourth-order valence-electron chi connectivity index (χ4n) is 2.27. The number of carbonyl (C=O) groups excluding carboxylic acids is 1. The van der Waals surface area contributed by atoms with E-state index in [0.717, 1.165) is 0 Å². The molecule has 1 aliphatic carbocycles. The van der Waals surface area contributed by atoms with E-state index in [2.05, 4.69) is 0 Å². The molecule has 0 N–H and O–H groups in total. The SMILES string of the molecule is CCOC(=O)C1C(C)(C)C1(C)C=C(Cl)Cl. The molecule has 2 atom stereocenters. The molecule has 2 unspecified atom stereocenters. The summed E-state index contributed by atoms with van der Waals surface area (Å²) < 4.78 is 5.23. The predicted molar refractivity (Wildman–Crippen MR) is 61.8 cm³/mol. The van der Waals surface area contributed by atoms with Crippen molar-refractivity contribution in [1.29, 1.82) is 0 Å². The summed E-state index contributed by atoms with van der Waals surface area (Å²) in [5, 5.41) is 0. The highest BCUT2D eigenvalue weighted by Crippen LogP contribution is 2.70. The third-order valence-electron chi connectivity index (χ3n) is 3.56. The fourth-order valence-corrected chi connectivity index (χ4v) is 2.73. The highest BCUT2D eigenvalue weighted by molar-refractivity contribution is 6.55. The maximum absolute atomic E-state index is 11.7. The average molecular weight is 251 g/mol. The first-order valence-corrected chi connectivity index (χ1v) is 5.73. The molecule has 0 spiro atoms. The Morgan fingerprint density at radius 2 is 1.93 bits per heavy atom. The van der Waals surface area contributed by atoms with Crippen LogP contribution in [0.4, 0.5) is 0 Å². The molecule has 0 aromatic heterocycles. The third kappa shape index (κ3) is 2.02. The van der Waals surface area contributed by atoms with Crippen molar-refractivity contribution in [2.45, 2.75) is 27.7 Å². The Bertz CT molecular complexity index is 306. The Hall–Kier alpha value is -0.210. The molecule has 1 saturated carbocycles. The number of esters is 1. The van der Waals surface area contributed by atoms with Gasteiger partial charge in [-0.3, -0.25) is 4.79 Å². The summed E-state index contributed by atoms with van der Waals surface area (Å²) in [5.74, 6) is -0.326. The van der Waals surface area contributed by atoms with E-state index in [-0.39, 0.29) is 27.2 Å². The van der Waals surface area contributed by atoms with Crippen molar-refractivity contribution in [1.82, 2.24) is 0 Å². The van der Waals surface area contributed by atoms with Crippen LogP contribution in [0.1, 0.15) is 27.7 Å². The monoisotopic (exact) mass is 250 g/mol. The lowest BCUT2D eigenvalue weighted by atomic mass is 9.99. The molecule has 0 heterocycles. The molecule has 1 aliphatic rings. The minimum absolute atomic E-state index is 0.145. The van der Waals surface area contributed by atoms with Crippen molar-refractivity contribution >= 4 is 29.2 Å². The number of rotatable bonds is 3. The fraction of sp³-hybridized carbons (Fsp3) is 0.727. The summed E-state index contributed by atoms with van der Waals surface area (Å²) in [7, 11) is 0. The van der Waals surface area contributed by atoms with Crippen molar-refractivity contribution in [3.05, 3.63) is 10.6 Å². The van der Waals surface area contributed by atoms with Gasteiger partial charge in [0.05, 0.1) is 12.5 Å². The number of ether oxygens (including phenoxy) is 1. The van der Waals surface area contributed by atoms with Crippen LogP contribution in [0, 0.1) is 16.7 Å². The summed E-state index contributed by atoms with van der Waals surface area (Å²) in [4.78, 5) is 11.7. The Labute approximate surface area is 101 Å². The van der Waals surface area contributed by atoms with Crippen LogP contribution < -0.4 is 0 Å². The van der Waals surface area contributed by atoms with E-state index in [1.165, 1.54) is 0 Å². The first kappa shape index (κ1) is 12.9. The quantitative estimate of drug-likeness (QED) is 0.717. The van der Waals surface area contributed by atoms with Gasteiger partial charge in [0.15, 0.2) is 0 Å². The molecule has 15 heavy (non-hydrogen) atoms. The van der Waals surface area contributed by atoms with Gasteiger partial charge in [0.1, 0.15) is 4.49 Å². The molecule has 86 valence electrons. The minimum Gasteiger partial charge on any atom is -0.466 e. The van der Waals surface area contributed by atoms with E-state index in [1.54, 1.807) is 13.0 Å². The highest BCUT2D eigenvalue weighted by atomic mass is 35.5. The Morgan fingerprint density at radius 1 is 1.40 bits per heavy atom. The van der Waals surface area contributed by atoms with E-state index in [0.29, 0.717) is 6.61 Å². The van der Waals surface area contributed by atoms with Gasteiger partial charge < -0.3 is 4.74 Å². The number of allylic oxidation sites excluding steroid dienone is 1. The van der Waals surface area contributed by atoms with Crippen LogP contribution in [-0.2, 0) is 9.53 Å². The second-order valence-corrected chi connectivity index (χ2v) is 5.63. The van der Waals surface area contributed by atoms with Gasteiger partial charge in [-0.2, -0.15) is 0 Å².